The van der Waals surface area contributed by atoms with Crippen LogP contribution in [-0.2, 0) is 13.1 Å². The van der Waals surface area contributed by atoms with Gasteiger partial charge in [0.2, 0.25) is 5.88 Å². The molecule has 2 aromatic carbocycles. The second-order valence-corrected chi connectivity index (χ2v) is 17.4. The zero-order valence-electron chi connectivity index (χ0n) is 33.8. The number of pyridine rings is 2. The lowest BCUT2D eigenvalue weighted by atomic mass is 9.95. The predicted molar refractivity (Wildman–Crippen MR) is 222 cm³/mol. The number of hydrogen-bond donors (Lipinski definition) is 1. The van der Waals surface area contributed by atoms with E-state index < -0.39 is 18.0 Å². The van der Waals surface area contributed by atoms with Crippen LogP contribution in [0.2, 0.25) is 0 Å². The van der Waals surface area contributed by atoms with Gasteiger partial charge in [-0.3, -0.25) is 4.90 Å². The summed E-state index contributed by atoms with van der Waals surface area (Å²) in [6, 6.07) is 17.2. The molecule has 3 fully saturated rings. The summed E-state index contributed by atoms with van der Waals surface area (Å²) in [5.74, 6) is 2.54. The van der Waals surface area contributed by atoms with Crippen LogP contribution in [0, 0.1) is 18.2 Å². The van der Waals surface area contributed by atoms with Gasteiger partial charge in [-0.1, -0.05) is 49.9 Å². The molecule has 3 aliphatic heterocycles. The fourth-order valence-corrected chi connectivity index (χ4v) is 9.85. The highest BCUT2D eigenvalue weighted by molar-refractivity contribution is 7.98. The lowest BCUT2D eigenvalue weighted by Gasteiger charge is -2.47. The molecule has 1 aliphatic carbocycles. The fraction of sp³-hybridized carbons (Fsp3) is 0.432. The number of amides is 1. The van der Waals surface area contributed by atoms with E-state index in [1.807, 2.05) is 61.7 Å². The molecule has 0 radical (unpaired) electrons. The van der Waals surface area contributed by atoms with Crippen molar-refractivity contribution in [2.45, 2.75) is 95.4 Å². The number of benzene rings is 2. The summed E-state index contributed by atoms with van der Waals surface area (Å²) >= 11 is 1.34. The molecule has 12 nitrogen and oxygen atoms in total. The van der Waals surface area contributed by atoms with E-state index in [0.29, 0.717) is 53.9 Å². The number of ether oxygens (including phenoxy) is 3. The Hall–Kier alpha value is -5.37. The molecule has 5 atom stereocenters. The summed E-state index contributed by atoms with van der Waals surface area (Å²) < 4.78 is 35.4. The largest absolute Gasteiger partial charge is 0.497 e. The Bertz CT molecular complexity index is 2370. The smallest absolute Gasteiger partial charge is 0.407 e. The van der Waals surface area contributed by atoms with E-state index in [1.165, 1.54) is 11.8 Å². The number of thioether (sulfide) groups is 1. The van der Waals surface area contributed by atoms with E-state index in [4.69, 9.17) is 34.1 Å². The summed E-state index contributed by atoms with van der Waals surface area (Å²) in [4.78, 5) is 38.6. The quantitative estimate of drug-likeness (QED) is 0.108. The van der Waals surface area contributed by atoms with Gasteiger partial charge in [-0.05, 0) is 103 Å². The lowest BCUT2D eigenvalue weighted by molar-refractivity contribution is 0.0707. The first-order chi connectivity index (χ1) is 27.9. The molecule has 4 aliphatic rings. The Kier molecular flexibility index (Phi) is 9.52. The van der Waals surface area contributed by atoms with E-state index >= 15 is 4.39 Å². The number of hydrogen-bond acceptors (Lipinski definition) is 11. The fourth-order valence-electron chi connectivity index (χ4n) is 9.49. The molecule has 302 valence electrons. The Balaban J connectivity index is 1.22. The standard InChI is InChI=1S/C44H48FN7O5S/c1-23-18-32(50(20-25-8-13-28(55-5)14-9-25)21-26-10-15-29(56-6)16-11-26)46-37(33(23)30-19-44(30,3)4)38-35(45)36-34-40(49-42(48-36)58-7)51-22-27-12-17-31(52(27)43(53)54)39(51)24(2)57-41(34)47-38/h8-11,13-16,18,24,27,30-31,39H,12,17,19-22H2,1-7H3,(H,53,54). The minimum atomic E-state index is -0.935. The van der Waals surface area contributed by atoms with E-state index in [0.717, 1.165) is 46.6 Å². The topological polar surface area (TPSA) is 126 Å². The molecule has 9 rings (SSSR count). The van der Waals surface area contributed by atoms with E-state index in [-0.39, 0.29) is 46.5 Å². The van der Waals surface area contributed by atoms with Gasteiger partial charge < -0.3 is 29.1 Å². The highest BCUT2D eigenvalue weighted by Gasteiger charge is 2.53. The third kappa shape index (κ3) is 6.49. The normalized spacial score (nSPS) is 22.6. The van der Waals surface area contributed by atoms with Crippen molar-refractivity contribution in [1.82, 2.24) is 24.8 Å². The first-order valence-electron chi connectivity index (χ1n) is 19.8. The molecule has 6 heterocycles. The van der Waals surface area contributed by atoms with Crippen LogP contribution in [-0.4, -0.2) is 87.3 Å². The Morgan fingerprint density at radius 3 is 2.19 bits per heavy atom. The predicted octanol–water partition coefficient (Wildman–Crippen LogP) is 8.47. The summed E-state index contributed by atoms with van der Waals surface area (Å²) in [6.07, 6.45) is 2.83. The number of methoxy groups -OCH3 is 2. The van der Waals surface area contributed by atoms with Crippen LogP contribution in [0.5, 0.6) is 17.4 Å². The molecule has 58 heavy (non-hydrogen) atoms. The minimum Gasteiger partial charge on any atom is -0.497 e. The minimum absolute atomic E-state index is 0.00165. The summed E-state index contributed by atoms with van der Waals surface area (Å²) in [7, 11) is 3.30. The van der Waals surface area contributed by atoms with Crippen LogP contribution in [0.3, 0.4) is 0 Å². The first-order valence-corrected chi connectivity index (χ1v) is 21.0. The van der Waals surface area contributed by atoms with Crippen LogP contribution in [0.1, 0.15) is 68.2 Å². The number of halogens is 1. The molecule has 1 N–H and O–H groups in total. The number of rotatable bonds is 10. The monoisotopic (exact) mass is 805 g/mol. The number of piperazine rings is 1. The molecule has 5 unspecified atom stereocenters. The van der Waals surface area contributed by atoms with Crippen molar-refractivity contribution in [1.29, 1.82) is 0 Å². The maximum Gasteiger partial charge on any atom is 0.407 e. The van der Waals surface area contributed by atoms with Gasteiger partial charge in [-0.25, -0.2) is 29.1 Å². The number of anilines is 2. The molecular formula is C44H48FN7O5S. The van der Waals surface area contributed by atoms with Gasteiger partial charge in [-0.2, -0.15) is 0 Å². The van der Waals surface area contributed by atoms with Crippen molar-refractivity contribution < 1.29 is 28.5 Å². The lowest BCUT2D eigenvalue weighted by Crippen LogP contribution is -2.64. The number of aromatic nitrogens is 4. The van der Waals surface area contributed by atoms with Crippen molar-refractivity contribution in [3.8, 4) is 28.8 Å². The Labute approximate surface area is 341 Å². The second kappa shape index (κ2) is 14.5. The molecule has 5 aromatic rings. The van der Waals surface area contributed by atoms with Crippen molar-refractivity contribution in [2.75, 3.05) is 36.8 Å². The van der Waals surface area contributed by atoms with Crippen molar-refractivity contribution in [3.05, 3.63) is 82.7 Å². The van der Waals surface area contributed by atoms with Crippen LogP contribution in [0.15, 0.2) is 59.8 Å². The Morgan fingerprint density at radius 1 is 0.983 bits per heavy atom. The van der Waals surface area contributed by atoms with Crippen molar-refractivity contribution in [2.24, 2.45) is 5.41 Å². The highest BCUT2D eigenvalue weighted by Crippen LogP contribution is 2.61. The summed E-state index contributed by atoms with van der Waals surface area (Å²) in [5, 5.41) is 11.0. The summed E-state index contributed by atoms with van der Waals surface area (Å²) in [5.41, 5.74) is 4.75. The van der Waals surface area contributed by atoms with Gasteiger partial charge in [0.25, 0.3) is 0 Å². The molecular weight excluding hydrogens is 758 g/mol. The Morgan fingerprint density at radius 2 is 1.62 bits per heavy atom. The number of fused-ring (bicyclic) bond motifs is 5. The van der Waals surface area contributed by atoms with Crippen LogP contribution in [0.25, 0.3) is 22.3 Å². The van der Waals surface area contributed by atoms with E-state index in [2.05, 4.69) is 36.6 Å². The SMILES string of the molecule is COc1ccc(CN(Cc2ccc(OC)cc2)c2cc(C)c(C3CC3(C)C)c(-c3nc4c5c(nc(SC)nc5c3F)N3CC5CCC(C3C(C)O4)N5C(=O)O)n2)cc1. The van der Waals surface area contributed by atoms with E-state index in [9.17, 15) is 9.90 Å². The third-order valence-corrected chi connectivity index (χ3v) is 13.1. The number of aryl methyl sites for hydroxylation is 1. The molecule has 2 saturated heterocycles. The van der Waals surface area contributed by atoms with Crippen LogP contribution in [0.4, 0.5) is 20.8 Å². The van der Waals surface area contributed by atoms with Gasteiger partial charge in [0.1, 0.15) is 45.8 Å². The third-order valence-electron chi connectivity index (χ3n) is 12.6. The first kappa shape index (κ1) is 38.2. The average Bonchev–Trinajstić information content (AvgIpc) is 3.76. The second-order valence-electron chi connectivity index (χ2n) is 16.6. The van der Waals surface area contributed by atoms with Crippen LogP contribution < -0.4 is 24.0 Å². The van der Waals surface area contributed by atoms with Gasteiger partial charge in [0, 0.05) is 19.6 Å². The maximum atomic E-state index is 17.7. The number of nitrogens with zero attached hydrogens (tertiary/aromatic N) is 7. The molecule has 2 bridgehead atoms. The molecule has 1 amide bonds. The zero-order chi connectivity index (χ0) is 40.6. The van der Waals surface area contributed by atoms with Gasteiger partial charge in [0.15, 0.2) is 11.0 Å². The maximum absolute atomic E-state index is 17.7. The molecule has 0 spiro atoms. The number of carboxylic acid groups (broad SMARTS) is 1. The van der Waals surface area contributed by atoms with Gasteiger partial charge >= 0.3 is 6.09 Å². The molecule has 3 aromatic heterocycles. The van der Waals surface area contributed by atoms with E-state index in [1.54, 1.807) is 19.1 Å². The molecule has 1 saturated carbocycles. The van der Waals surface area contributed by atoms with Crippen LogP contribution >= 0.6 is 11.8 Å². The molecule has 14 heteroatoms. The number of carbonyl (C=O) groups is 1. The van der Waals surface area contributed by atoms with Crippen molar-refractivity contribution in [3.63, 3.8) is 0 Å². The average molecular weight is 806 g/mol. The van der Waals surface area contributed by atoms with Crippen molar-refractivity contribution >= 4 is 40.4 Å². The zero-order valence-corrected chi connectivity index (χ0v) is 34.6. The van der Waals surface area contributed by atoms with Gasteiger partial charge in [0.05, 0.1) is 38.0 Å². The van der Waals surface area contributed by atoms with Gasteiger partial charge in [-0.15, -0.1) is 0 Å². The highest BCUT2D eigenvalue weighted by atomic mass is 32.2. The summed E-state index contributed by atoms with van der Waals surface area (Å²) in [6.45, 7) is 9.95.